The van der Waals surface area contributed by atoms with Crippen molar-refractivity contribution in [3.05, 3.63) is 0 Å². The molecule has 0 aromatic carbocycles. The lowest BCUT2D eigenvalue weighted by Gasteiger charge is -2.24. The predicted molar refractivity (Wildman–Crippen MR) is 77.1 cm³/mol. The summed E-state index contributed by atoms with van der Waals surface area (Å²) < 4.78 is 54.2. The smallest absolute Gasteiger partial charge is 0.410 e. The van der Waals surface area contributed by atoms with E-state index in [0.29, 0.717) is 6.54 Å². The average Bonchev–Trinajstić information content (AvgIpc) is 2.82. The van der Waals surface area contributed by atoms with Gasteiger partial charge in [-0.05, 0) is 20.8 Å². The van der Waals surface area contributed by atoms with E-state index in [1.165, 1.54) is 0 Å². The molecular weight excluding hydrogens is 328 g/mol. The van der Waals surface area contributed by atoms with Gasteiger partial charge in [0.2, 0.25) is 0 Å². The zero-order chi connectivity index (χ0) is 16.3. The summed E-state index contributed by atoms with van der Waals surface area (Å²) in [6.45, 7) is 5.00. The summed E-state index contributed by atoms with van der Waals surface area (Å²) in [6.07, 6.45) is -0.922. The van der Waals surface area contributed by atoms with Crippen LogP contribution in [-0.2, 0) is 4.74 Å². The van der Waals surface area contributed by atoms with Gasteiger partial charge in [0.05, 0.1) is 13.1 Å². The van der Waals surface area contributed by atoms with Crippen molar-refractivity contribution in [1.29, 1.82) is 0 Å². The number of carbonyl (C=O) groups is 1. The summed E-state index contributed by atoms with van der Waals surface area (Å²) in [5, 5.41) is 2.56. The molecule has 2 saturated heterocycles. The van der Waals surface area contributed by atoms with Crippen LogP contribution in [0.15, 0.2) is 0 Å². The molecular formula is C13H23ClF4N2O2. The Morgan fingerprint density at radius 3 is 2.00 bits per heavy atom. The van der Waals surface area contributed by atoms with Gasteiger partial charge in [-0.25, -0.2) is 22.4 Å². The highest BCUT2D eigenvalue weighted by Gasteiger charge is 2.41. The van der Waals surface area contributed by atoms with Crippen molar-refractivity contribution in [2.75, 3.05) is 26.2 Å². The summed E-state index contributed by atoms with van der Waals surface area (Å²) in [6, 6.07) is 0. The lowest BCUT2D eigenvalue weighted by molar-refractivity contribution is -0.00189. The number of nitrogens with one attached hydrogen (secondary N) is 1. The fraction of sp³-hybridized carbons (Fsp3) is 0.923. The van der Waals surface area contributed by atoms with E-state index in [0.717, 1.165) is 4.90 Å². The molecule has 0 radical (unpaired) electrons. The third-order valence-corrected chi connectivity index (χ3v) is 2.87. The Balaban J connectivity index is 0.000000465. The number of hydrogen-bond acceptors (Lipinski definition) is 3. The third kappa shape index (κ3) is 8.03. The molecule has 132 valence electrons. The van der Waals surface area contributed by atoms with Gasteiger partial charge < -0.3 is 15.0 Å². The molecule has 9 heteroatoms. The van der Waals surface area contributed by atoms with Gasteiger partial charge in [0.15, 0.2) is 0 Å². The number of hydrogen-bond donors (Lipinski definition) is 1. The molecule has 4 nitrogen and oxygen atoms in total. The van der Waals surface area contributed by atoms with Crippen LogP contribution in [0.4, 0.5) is 22.4 Å². The highest BCUT2D eigenvalue weighted by molar-refractivity contribution is 5.85. The van der Waals surface area contributed by atoms with Crippen LogP contribution in [0.2, 0.25) is 0 Å². The lowest BCUT2D eigenvalue weighted by Crippen LogP contribution is -2.36. The molecule has 0 saturated carbocycles. The first kappa shape index (κ1) is 21.2. The van der Waals surface area contributed by atoms with Gasteiger partial charge in [0, 0.05) is 25.9 Å². The quantitative estimate of drug-likeness (QED) is 0.682. The maximum absolute atomic E-state index is 12.7. The third-order valence-electron chi connectivity index (χ3n) is 2.87. The van der Waals surface area contributed by atoms with Crippen LogP contribution in [0.3, 0.4) is 0 Å². The van der Waals surface area contributed by atoms with Crippen LogP contribution in [0.1, 0.15) is 33.6 Å². The lowest BCUT2D eigenvalue weighted by atomic mass is 10.2. The first-order chi connectivity index (χ1) is 9.40. The maximum atomic E-state index is 12.7. The van der Waals surface area contributed by atoms with E-state index in [-0.39, 0.29) is 38.3 Å². The fourth-order valence-electron chi connectivity index (χ4n) is 1.85. The summed E-state index contributed by atoms with van der Waals surface area (Å²) >= 11 is 0. The monoisotopic (exact) mass is 350 g/mol. The number of nitrogens with zero attached hydrogens (tertiary/aromatic N) is 1. The van der Waals surface area contributed by atoms with E-state index < -0.39 is 30.1 Å². The van der Waals surface area contributed by atoms with Gasteiger partial charge in [-0.3, -0.25) is 0 Å². The maximum Gasteiger partial charge on any atom is 0.410 e. The Bertz CT molecular complexity index is 368. The van der Waals surface area contributed by atoms with Gasteiger partial charge in [0.1, 0.15) is 5.60 Å². The Hall–Kier alpha value is -0.760. The first-order valence-electron chi connectivity index (χ1n) is 6.85. The zero-order valence-electron chi connectivity index (χ0n) is 12.9. The van der Waals surface area contributed by atoms with Crippen molar-refractivity contribution in [3.8, 4) is 0 Å². The van der Waals surface area contributed by atoms with E-state index in [9.17, 15) is 22.4 Å². The Morgan fingerprint density at radius 1 is 1.14 bits per heavy atom. The summed E-state index contributed by atoms with van der Waals surface area (Å²) in [5.74, 6) is -5.17. The van der Waals surface area contributed by atoms with Crippen molar-refractivity contribution >= 4 is 18.5 Å². The van der Waals surface area contributed by atoms with Crippen LogP contribution in [0, 0.1) is 0 Å². The van der Waals surface area contributed by atoms with Gasteiger partial charge >= 0.3 is 6.09 Å². The summed E-state index contributed by atoms with van der Waals surface area (Å²) in [5.41, 5.74) is -0.630. The van der Waals surface area contributed by atoms with Crippen LogP contribution in [0.25, 0.3) is 0 Å². The molecule has 2 rings (SSSR count). The molecule has 0 unspecified atom stereocenters. The van der Waals surface area contributed by atoms with Crippen LogP contribution in [-0.4, -0.2) is 54.6 Å². The number of likely N-dealkylation sites (tertiary alicyclic amines) is 1. The summed E-state index contributed by atoms with van der Waals surface area (Å²) in [4.78, 5) is 12.4. The first-order valence-corrected chi connectivity index (χ1v) is 6.85. The molecule has 2 aliphatic heterocycles. The number of rotatable bonds is 0. The van der Waals surface area contributed by atoms with Crippen LogP contribution < -0.4 is 5.32 Å². The zero-order valence-corrected chi connectivity index (χ0v) is 13.7. The van der Waals surface area contributed by atoms with Crippen molar-refractivity contribution < 1.29 is 27.1 Å². The Labute approximate surface area is 134 Å². The molecule has 1 amide bonds. The van der Waals surface area contributed by atoms with Crippen molar-refractivity contribution in [3.63, 3.8) is 0 Å². The van der Waals surface area contributed by atoms with Gasteiger partial charge in [-0.2, -0.15) is 0 Å². The SMILES string of the molecule is CC(C)(C)OC(=O)N1CCC(F)(F)C1.Cl.FC1(F)CCNC1. The Kier molecular flexibility index (Phi) is 7.41. The molecule has 0 atom stereocenters. The van der Waals surface area contributed by atoms with Crippen LogP contribution >= 0.6 is 12.4 Å². The second kappa shape index (κ2) is 7.68. The fourth-order valence-corrected chi connectivity index (χ4v) is 1.85. The van der Waals surface area contributed by atoms with Gasteiger partial charge in [0.25, 0.3) is 11.8 Å². The molecule has 0 aliphatic carbocycles. The van der Waals surface area contributed by atoms with Crippen molar-refractivity contribution in [1.82, 2.24) is 10.2 Å². The molecule has 2 aliphatic rings. The normalized spacial score (nSPS) is 22.4. The van der Waals surface area contributed by atoms with E-state index in [2.05, 4.69) is 5.32 Å². The standard InChI is InChI=1S/C9H15F2NO2.C4H7F2N.ClH/c1-8(2,3)14-7(13)12-5-4-9(10,11)6-12;5-4(6)1-2-7-3-4;/h4-6H2,1-3H3;7H,1-3H2;1H. The largest absolute Gasteiger partial charge is 0.444 e. The van der Waals surface area contributed by atoms with Gasteiger partial charge in [-0.1, -0.05) is 0 Å². The van der Waals surface area contributed by atoms with Crippen molar-refractivity contribution in [2.45, 2.75) is 51.1 Å². The molecule has 0 spiro atoms. The minimum atomic E-state index is -2.75. The topological polar surface area (TPSA) is 41.6 Å². The number of carbonyl (C=O) groups excluding carboxylic acids is 1. The van der Waals surface area contributed by atoms with E-state index in [1.54, 1.807) is 20.8 Å². The highest BCUT2D eigenvalue weighted by atomic mass is 35.5. The molecule has 0 aromatic heterocycles. The highest BCUT2D eigenvalue weighted by Crippen LogP contribution is 2.27. The van der Waals surface area contributed by atoms with E-state index in [1.807, 2.05) is 0 Å². The predicted octanol–water partition coefficient (Wildman–Crippen LogP) is 3.30. The molecule has 2 heterocycles. The average molecular weight is 351 g/mol. The molecule has 2 fully saturated rings. The summed E-state index contributed by atoms with van der Waals surface area (Å²) in [7, 11) is 0. The van der Waals surface area contributed by atoms with E-state index >= 15 is 0 Å². The Morgan fingerprint density at radius 2 is 1.73 bits per heavy atom. The molecule has 0 aromatic rings. The second-order valence-electron chi connectivity index (χ2n) is 6.29. The number of halogens is 5. The van der Waals surface area contributed by atoms with E-state index in [4.69, 9.17) is 4.74 Å². The van der Waals surface area contributed by atoms with Crippen LogP contribution in [0.5, 0.6) is 0 Å². The molecule has 1 N–H and O–H groups in total. The molecule has 0 bridgehead atoms. The number of amides is 1. The molecule has 22 heavy (non-hydrogen) atoms. The number of alkyl halides is 4. The second-order valence-corrected chi connectivity index (χ2v) is 6.29. The minimum Gasteiger partial charge on any atom is -0.444 e. The number of ether oxygens (including phenoxy) is 1. The van der Waals surface area contributed by atoms with Gasteiger partial charge in [-0.15, -0.1) is 12.4 Å². The van der Waals surface area contributed by atoms with Crippen molar-refractivity contribution in [2.24, 2.45) is 0 Å². The minimum absolute atomic E-state index is 0.